The quantitative estimate of drug-likeness (QED) is 0.365. The first kappa shape index (κ1) is 25.3. The van der Waals surface area contributed by atoms with Crippen molar-refractivity contribution in [3.8, 4) is 0 Å². The fourth-order valence-corrected chi connectivity index (χ4v) is 5.96. The normalized spacial score (nSPS) is 24.6. The van der Waals surface area contributed by atoms with Gasteiger partial charge in [-0.2, -0.15) is 4.98 Å². The Morgan fingerprint density at radius 3 is 2.50 bits per heavy atom. The third-order valence-corrected chi connectivity index (χ3v) is 7.91. The van der Waals surface area contributed by atoms with Crippen LogP contribution in [0.3, 0.4) is 0 Å². The number of carbonyl (C=O) groups is 1. The fraction of sp³-hybridized carbons (Fsp3) is 0.500. The number of nitrogens with zero attached hydrogens (tertiary/aromatic N) is 4. The summed E-state index contributed by atoms with van der Waals surface area (Å²) in [6, 6.07) is 3.53. The number of aromatic nitrogens is 4. The Labute approximate surface area is 224 Å². The van der Waals surface area contributed by atoms with E-state index >= 15 is 0 Å². The highest BCUT2D eigenvalue weighted by Gasteiger charge is 2.30. The van der Waals surface area contributed by atoms with Crippen LogP contribution in [-0.4, -0.2) is 44.7 Å². The molecule has 2 aliphatic rings. The van der Waals surface area contributed by atoms with Gasteiger partial charge in [-0.05, 0) is 50.2 Å². The van der Waals surface area contributed by atoms with Crippen LogP contribution in [0.4, 0.5) is 17.6 Å². The van der Waals surface area contributed by atoms with Crippen LogP contribution in [0.1, 0.15) is 45.1 Å². The zero-order valence-corrected chi connectivity index (χ0v) is 22.1. The molecule has 1 aliphatic carbocycles. The molecule has 3 aromatic rings. The molecule has 9 nitrogen and oxygen atoms in total. The van der Waals surface area contributed by atoms with Crippen molar-refractivity contribution in [2.24, 2.45) is 17.6 Å². The number of ether oxygens (including phenoxy) is 1. The van der Waals surface area contributed by atoms with Crippen LogP contribution in [0.2, 0.25) is 15.1 Å². The number of benzene rings is 1. The van der Waals surface area contributed by atoms with E-state index in [-0.39, 0.29) is 23.9 Å². The number of rotatable bonds is 6. The Morgan fingerprint density at radius 2 is 1.83 bits per heavy atom. The van der Waals surface area contributed by atoms with Gasteiger partial charge in [0.15, 0.2) is 5.65 Å². The van der Waals surface area contributed by atoms with E-state index < -0.39 is 0 Å². The molecule has 36 heavy (non-hydrogen) atoms. The maximum absolute atomic E-state index is 11.7. The SMILES string of the molecule is C[C@@H]1COCC[C@H]1Nc1ncc2nc(Nc3c(Cl)cc(Cl)cc3Cl)n([C@H]3CC[C@H](C(N)=O)CC3)c2n1. The van der Waals surface area contributed by atoms with Gasteiger partial charge in [-0.3, -0.25) is 9.36 Å². The van der Waals surface area contributed by atoms with Crippen molar-refractivity contribution in [2.45, 2.75) is 51.1 Å². The van der Waals surface area contributed by atoms with Crippen molar-refractivity contribution >= 4 is 69.5 Å². The van der Waals surface area contributed by atoms with Crippen LogP contribution in [0.25, 0.3) is 11.2 Å². The van der Waals surface area contributed by atoms with Gasteiger partial charge in [-0.15, -0.1) is 0 Å². The number of imidazole rings is 1. The minimum Gasteiger partial charge on any atom is -0.381 e. The van der Waals surface area contributed by atoms with Crippen molar-refractivity contribution < 1.29 is 9.53 Å². The second-order valence-electron chi connectivity index (χ2n) is 9.58. The molecule has 2 fully saturated rings. The van der Waals surface area contributed by atoms with Gasteiger partial charge < -0.3 is 21.1 Å². The lowest BCUT2D eigenvalue weighted by atomic mass is 9.85. The molecule has 2 atom stereocenters. The van der Waals surface area contributed by atoms with E-state index in [1.807, 2.05) is 0 Å². The Bertz CT molecular complexity index is 1250. The topological polar surface area (TPSA) is 120 Å². The number of fused-ring (bicyclic) bond motifs is 1. The number of hydrogen-bond acceptors (Lipinski definition) is 7. The first-order valence-corrected chi connectivity index (χ1v) is 13.2. The monoisotopic (exact) mass is 551 g/mol. The molecule has 2 aromatic heterocycles. The second kappa shape index (κ2) is 10.6. The molecule has 12 heteroatoms. The van der Waals surface area contributed by atoms with E-state index in [4.69, 9.17) is 55.2 Å². The molecule has 3 heterocycles. The summed E-state index contributed by atoms with van der Waals surface area (Å²) in [4.78, 5) is 25.9. The standard InChI is InChI=1S/C24H28Cl3N7O2/c1-12-11-36-7-6-18(12)30-23-29-10-19-22(33-23)34(15-4-2-13(3-5-15)21(28)35)24(31-19)32-20-16(26)8-14(25)9-17(20)27/h8-10,12-13,15,18H,2-7,11H2,1H3,(H2,28,35)(H,31,32)(H,29,30,33)/t12-,13-,15-,18-/m1/s1. The summed E-state index contributed by atoms with van der Waals surface area (Å²) in [6.07, 6.45) is 5.55. The number of hydrogen-bond donors (Lipinski definition) is 3. The van der Waals surface area contributed by atoms with Gasteiger partial charge >= 0.3 is 0 Å². The number of nitrogens with two attached hydrogens (primary N) is 1. The maximum atomic E-state index is 11.7. The van der Waals surface area contributed by atoms with Crippen molar-refractivity contribution in [1.82, 2.24) is 19.5 Å². The smallest absolute Gasteiger partial charge is 0.224 e. The van der Waals surface area contributed by atoms with Gasteiger partial charge in [-0.1, -0.05) is 41.7 Å². The summed E-state index contributed by atoms with van der Waals surface area (Å²) in [5.41, 5.74) is 7.41. The van der Waals surface area contributed by atoms with E-state index in [1.165, 1.54) is 0 Å². The molecule has 1 aromatic carbocycles. The molecule has 0 spiro atoms. The number of halogens is 3. The minimum absolute atomic E-state index is 0.0581. The van der Waals surface area contributed by atoms with Gasteiger partial charge in [0.25, 0.3) is 0 Å². The first-order chi connectivity index (χ1) is 17.3. The molecule has 4 N–H and O–H groups in total. The van der Waals surface area contributed by atoms with Crippen molar-refractivity contribution in [3.05, 3.63) is 33.4 Å². The third kappa shape index (κ3) is 5.20. The van der Waals surface area contributed by atoms with Gasteiger partial charge in [0, 0.05) is 29.6 Å². The molecule has 0 unspecified atom stereocenters. The summed E-state index contributed by atoms with van der Waals surface area (Å²) in [5, 5.41) is 7.98. The van der Waals surface area contributed by atoms with Crippen LogP contribution >= 0.6 is 34.8 Å². The zero-order valence-electron chi connectivity index (χ0n) is 19.8. The lowest BCUT2D eigenvalue weighted by molar-refractivity contribution is -0.122. The largest absolute Gasteiger partial charge is 0.381 e. The molecule has 192 valence electrons. The van der Waals surface area contributed by atoms with Crippen molar-refractivity contribution in [2.75, 3.05) is 23.8 Å². The van der Waals surface area contributed by atoms with E-state index in [9.17, 15) is 4.79 Å². The molecule has 0 bridgehead atoms. The summed E-state index contributed by atoms with van der Waals surface area (Å²) in [6.45, 7) is 3.57. The lowest BCUT2D eigenvalue weighted by Gasteiger charge is -2.30. The van der Waals surface area contributed by atoms with Crippen LogP contribution in [0, 0.1) is 11.8 Å². The Balaban J connectivity index is 1.53. The fourth-order valence-electron chi connectivity index (χ4n) is 5.05. The van der Waals surface area contributed by atoms with Gasteiger partial charge in [-0.25, -0.2) is 9.97 Å². The van der Waals surface area contributed by atoms with Crippen molar-refractivity contribution in [1.29, 1.82) is 0 Å². The van der Waals surface area contributed by atoms with E-state index in [0.29, 0.717) is 75.8 Å². The third-order valence-electron chi connectivity index (χ3n) is 7.10. The predicted octanol–water partition coefficient (Wildman–Crippen LogP) is 5.58. The van der Waals surface area contributed by atoms with Crippen LogP contribution in [-0.2, 0) is 9.53 Å². The lowest BCUT2D eigenvalue weighted by Crippen LogP contribution is -2.36. The Hall–Kier alpha value is -2.33. The van der Waals surface area contributed by atoms with Crippen LogP contribution < -0.4 is 16.4 Å². The second-order valence-corrected chi connectivity index (χ2v) is 10.8. The molecular formula is C24H28Cl3N7O2. The molecule has 1 amide bonds. The Kier molecular flexibility index (Phi) is 7.44. The van der Waals surface area contributed by atoms with Gasteiger partial charge in [0.05, 0.1) is 28.5 Å². The molecule has 1 saturated carbocycles. The summed E-state index contributed by atoms with van der Waals surface area (Å²) >= 11 is 19.0. The highest BCUT2D eigenvalue weighted by Crippen LogP contribution is 2.40. The van der Waals surface area contributed by atoms with E-state index in [1.54, 1.807) is 18.3 Å². The van der Waals surface area contributed by atoms with Gasteiger partial charge in [0.1, 0.15) is 5.52 Å². The predicted molar refractivity (Wildman–Crippen MR) is 142 cm³/mol. The highest BCUT2D eigenvalue weighted by molar-refractivity contribution is 6.41. The average Bonchev–Trinajstić information content (AvgIpc) is 3.20. The number of nitrogens with one attached hydrogen (secondary N) is 2. The molecule has 1 aliphatic heterocycles. The zero-order chi connectivity index (χ0) is 25.4. The number of anilines is 3. The number of carbonyl (C=O) groups excluding carboxylic acids is 1. The van der Waals surface area contributed by atoms with Crippen LogP contribution in [0.15, 0.2) is 18.3 Å². The molecular weight excluding hydrogens is 525 g/mol. The van der Waals surface area contributed by atoms with E-state index in [0.717, 1.165) is 19.3 Å². The molecule has 5 rings (SSSR count). The summed E-state index contributed by atoms with van der Waals surface area (Å²) in [5.74, 6) is 1.07. The van der Waals surface area contributed by atoms with Crippen molar-refractivity contribution in [3.63, 3.8) is 0 Å². The minimum atomic E-state index is -0.249. The summed E-state index contributed by atoms with van der Waals surface area (Å²) < 4.78 is 7.63. The highest BCUT2D eigenvalue weighted by atomic mass is 35.5. The van der Waals surface area contributed by atoms with Gasteiger partial charge in [0.2, 0.25) is 17.8 Å². The number of amides is 1. The maximum Gasteiger partial charge on any atom is 0.224 e. The number of primary amides is 1. The van der Waals surface area contributed by atoms with Crippen LogP contribution in [0.5, 0.6) is 0 Å². The molecule has 0 radical (unpaired) electrons. The molecule has 1 saturated heterocycles. The Morgan fingerprint density at radius 1 is 1.11 bits per heavy atom. The summed E-state index contributed by atoms with van der Waals surface area (Å²) in [7, 11) is 0. The first-order valence-electron chi connectivity index (χ1n) is 12.1. The van der Waals surface area contributed by atoms with E-state index in [2.05, 4.69) is 27.1 Å². The average molecular weight is 553 g/mol.